The summed E-state index contributed by atoms with van der Waals surface area (Å²) in [6, 6.07) is 17.8. The Morgan fingerprint density at radius 2 is 1.96 bits per heavy atom. The van der Waals surface area contributed by atoms with Gasteiger partial charge in [-0.2, -0.15) is 0 Å². The molecule has 142 valence electrons. The van der Waals surface area contributed by atoms with Crippen LogP contribution in [0, 0.1) is 0 Å². The average Bonchev–Trinajstić information content (AvgIpc) is 3.04. The van der Waals surface area contributed by atoms with E-state index in [1.807, 2.05) is 30.3 Å². The quantitative estimate of drug-likeness (QED) is 0.664. The Morgan fingerprint density at radius 1 is 1.18 bits per heavy atom. The monoisotopic (exact) mass is 374 g/mol. The molecule has 0 amide bonds. The summed E-state index contributed by atoms with van der Waals surface area (Å²) >= 11 is 0. The van der Waals surface area contributed by atoms with E-state index in [1.165, 1.54) is 17.6 Å². The Hall–Kier alpha value is -3.41. The number of nitrogens with zero attached hydrogens (tertiary/aromatic N) is 3. The molecular weight excluding hydrogens is 352 g/mol. The highest BCUT2D eigenvalue weighted by molar-refractivity contribution is 5.96. The van der Waals surface area contributed by atoms with Crippen LogP contribution in [-0.2, 0) is 11.2 Å². The Kier molecular flexibility index (Phi) is 4.93. The molecule has 0 bridgehead atoms. The number of carbonyl (C=O) groups excluding carboxylic acids is 1. The highest BCUT2D eigenvalue weighted by Crippen LogP contribution is 2.37. The van der Waals surface area contributed by atoms with Gasteiger partial charge >= 0.3 is 5.97 Å². The molecule has 2 aromatic carbocycles. The molecule has 0 spiro atoms. The average molecular weight is 374 g/mol. The third-order valence-corrected chi connectivity index (χ3v) is 4.79. The first-order chi connectivity index (χ1) is 13.7. The molecule has 0 saturated heterocycles. The molecular formula is C22H22N4O2. The first-order valence-electron chi connectivity index (χ1n) is 9.39. The number of anilines is 4. The summed E-state index contributed by atoms with van der Waals surface area (Å²) < 4.78 is 5.14. The van der Waals surface area contributed by atoms with E-state index >= 15 is 0 Å². The van der Waals surface area contributed by atoms with Crippen LogP contribution < -0.4 is 10.2 Å². The number of rotatable bonds is 5. The summed E-state index contributed by atoms with van der Waals surface area (Å²) in [5, 5.41) is 3.24. The third kappa shape index (κ3) is 3.41. The van der Waals surface area contributed by atoms with Crippen LogP contribution in [0.5, 0.6) is 0 Å². The van der Waals surface area contributed by atoms with Gasteiger partial charge in [-0.1, -0.05) is 30.3 Å². The normalized spacial score (nSPS) is 15.2. The van der Waals surface area contributed by atoms with Crippen LogP contribution in [0.2, 0.25) is 0 Å². The second-order valence-corrected chi connectivity index (χ2v) is 6.70. The second-order valence-electron chi connectivity index (χ2n) is 6.70. The van der Waals surface area contributed by atoms with Crippen molar-refractivity contribution in [2.75, 3.05) is 16.8 Å². The minimum Gasteiger partial charge on any atom is -0.462 e. The van der Waals surface area contributed by atoms with Crippen LogP contribution in [0.3, 0.4) is 0 Å². The predicted octanol–water partition coefficient (Wildman–Crippen LogP) is 4.48. The molecule has 0 saturated carbocycles. The lowest BCUT2D eigenvalue weighted by atomic mass is 10.1. The maximum Gasteiger partial charge on any atom is 0.340 e. The maximum absolute atomic E-state index is 12.2. The van der Waals surface area contributed by atoms with Crippen molar-refractivity contribution in [3.63, 3.8) is 0 Å². The number of fused-ring (bicyclic) bond motifs is 1. The number of benzene rings is 2. The lowest BCUT2D eigenvalue weighted by Gasteiger charge is -2.24. The molecule has 6 nitrogen and oxygen atoms in total. The zero-order chi connectivity index (χ0) is 19.5. The molecule has 1 aliphatic rings. The van der Waals surface area contributed by atoms with Crippen molar-refractivity contribution in [1.29, 1.82) is 0 Å². The fraction of sp³-hybridized carbons (Fsp3) is 0.227. The first kappa shape index (κ1) is 18.0. The van der Waals surface area contributed by atoms with Crippen molar-refractivity contribution in [2.45, 2.75) is 26.3 Å². The first-order valence-corrected chi connectivity index (χ1v) is 9.39. The molecule has 0 radical (unpaired) electrons. The molecule has 4 rings (SSSR count). The molecule has 1 N–H and O–H groups in total. The molecule has 1 aliphatic heterocycles. The van der Waals surface area contributed by atoms with Gasteiger partial charge in [-0.3, -0.25) is 0 Å². The van der Waals surface area contributed by atoms with Crippen LogP contribution in [0.15, 0.2) is 60.9 Å². The number of aromatic nitrogens is 2. The summed E-state index contributed by atoms with van der Waals surface area (Å²) in [6.07, 6.45) is 2.52. The maximum atomic E-state index is 12.2. The smallest absolute Gasteiger partial charge is 0.340 e. The summed E-state index contributed by atoms with van der Waals surface area (Å²) in [5.74, 6) is 1.09. The van der Waals surface area contributed by atoms with Crippen molar-refractivity contribution in [3.05, 3.63) is 72.1 Å². The number of hydrogen-bond acceptors (Lipinski definition) is 6. The van der Waals surface area contributed by atoms with Crippen LogP contribution in [0.1, 0.15) is 29.8 Å². The minimum atomic E-state index is -0.359. The zero-order valence-corrected chi connectivity index (χ0v) is 15.9. The van der Waals surface area contributed by atoms with Crippen LogP contribution in [0.25, 0.3) is 0 Å². The lowest BCUT2D eigenvalue weighted by Crippen LogP contribution is -2.25. The summed E-state index contributed by atoms with van der Waals surface area (Å²) in [5.41, 5.74) is 3.62. The van der Waals surface area contributed by atoms with E-state index in [2.05, 4.69) is 45.3 Å². The summed E-state index contributed by atoms with van der Waals surface area (Å²) in [7, 11) is 0. The van der Waals surface area contributed by atoms with E-state index in [1.54, 1.807) is 13.0 Å². The number of para-hydroxylation sites is 2. The summed E-state index contributed by atoms with van der Waals surface area (Å²) in [4.78, 5) is 23.2. The zero-order valence-electron chi connectivity index (χ0n) is 15.9. The van der Waals surface area contributed by atoms with Gasteiger partial charge in [0.05, 0.1) is 17.9 Å². The standard InChI is InChI=1S/C22H22N4O2/c1-3-28-22(27)17-9-5-6-10-18(17)25-20-13-21(24-14-23-20)26-15(2)12-16-8-4-7-11-19(16)26/h4-11,13-15H,3,12H2,1-2H3,(H,23,24,25). The number of nitrogens with one attached hydrogen (secondary N) is 1. The number of carbonyl (C=O) groups is 1. The Morgan fingerprint density at radius 3 is 2.82 bits per heavy atom. The van der Waals surface area contributed by atoms with E-state index in [-0.39, 0.29) is 5.97 Å². The highest BCUT2D eigenvalue weighted by atomic mass is 16.5. The molecule has 1 aromatic heterocycles. The Bertz CT molecular complexity index is 1010. The van der Waals surface area contributed by atoms with Gasteiger partial charge in [-0.15, -0.1) is 0 Å². The molecule has 6 heteroatoms. The Balaban J connectivity index is 1.64. The van der Waals surface area contributed by atoms with E-state index in [4.69, 9.17) is 4.74 Å². The Labute approximate surface area is 164 Å². The van der Waals surface area contributed by atoms with Gasteiger partial charge in [-0.05, 0) is 44.0 Å². The van der Waals surface area contributed by atoms with Gasteiger partial charge in [0.15, 0.2) is 0 Å². The fourth-order valence-corrected chi connectivity index (χ4v) is 3.58. The van der Waals surface area contributed by atoms with Gasteiger partial charge < -0.3 is 15.0 Å². The fourth-order valence-electron chi connectivity index (χ4n) is 3.58. The number of esters is 1. The van der Waals surface area contributed by atoms with Crippen molar-refractivity contribution in [3.8, 4) is 0 Å². The highest BCUT2D eigenvalue weighted by Gasteiger charge is 2.27. The molecule has 0 fully saturated rings. The van der Waals surface area contributed by atoms with Crippen molar-refractivity contribution in [2.24, 2.45) is 0 Å². The lowest BCUT2D eigenvalue weighted by molar-refractivity contribution is 0.0527. The third-order valence-electron chi connectivity index (χ3n) is 4.79. The summed E-state index contributed by atoms with van der Waals surface area (Å²) in [6.45, 7) is 4.31. The molecule has 1 unspecified atom stereocenters. The predicted molar refractivity (Wildman–Crippen MR) is 109 cm³/mol. The van der Waals surface area contributed by atoms with E-state index < -0.39 is 0 Å². The molecule has 28 heavy (non-hydrogen) atoms. The minimum absolute atomic E-state index is 0.312. The second kappa shape index (κ2) is 7.68. The van der Waals surface area contributed by atoms with Gasteiger partial charge in [-0.25, -0.2) is 14.8 Å². The molecule has 3 aromatic rings. The van der Waals surface area contributed by atoms with Crippen LogP contribution in [0.4, 0.5) is 23.0 Å². The molecule has 2 heterocycles. The van der Waals surface area contributed by atoms with Gasteiger partial charge in [0, 0.05) is 17.8 Å². The van der Waals surface area contributed by atoms with Crippen molar-refractivity contribution >= 4 is 29.0 Å². The number of hydrogen-bond donors (Lipinski definition) is 1. The van der Waals surface area contributed by atoms with Gasteiger partial charge in [0.25, 0.3) is 0 Å². The largest absolute Gasteiger partial charge is 0.462 e. The van der Waals surface area contributed by atoms with Crippen molar-refractivity contribution in [1.82, 2.24) is 9.97 Å². The van der Waals surface area contributed by atoms with Gasteiger partial charge in [0.1, 0.15) is 18.0 Å². The molecule has 0 aliphatic carbocycles. The van der Waals surface area contributed by atoms with E-state index in [0.717, 1.165) is 12.2 Å². The topological polar surface area (TPSA) is 67.3 Å². The van der Waals surface area contributed by atoms with E-state index in [9.17, 15) is 4.79 Å². The SMILES string of the molecule is CCOC(=O)c1ccccc1Nc1cc(N2c3ccccc3CC2C)ncn1. The van der Waals surface area contributed by atoms with Crippen LogP contribution >= 0.6 is 0 Å². The number of ether oxygens (including phenoxy) is 1. The van der Waals surface area contributed by atoms with Crippen LogP contribution in [-0.4, -0.2) is 28.6 Å². The van der Waals surface area contributed by atoms with Crippen molar-refractivity contribution < 1.29 is 9.53 Å². The van der Waals surface area contributed by atoms with Gasteiger partial charge in [0.2, 0.25) is 0 Å². The molecule has 1 atom stereocenters. The van der Waals surface area contributed by atoms with E-state index in [0.29, 0.717) is 29.7 Å².